The number of hydrogen-bond donors (Lipinski definition) is 0. The first-order chi connectivity index (χ1) is 5.77. The van der Waals surface area contributed by atoms with E-state index in [9.17, 15) is 0 Å². The predicted molar refractivity (Wildman–Crippen MR) is 54.2 cm³/mol. The van der Waals surface area contributed by atoms with Gasteiger partial charge in [0, 0.05) is 11.8 Å². The van der Waals surface area contributed by atoms with Crippen molar-refractivity contribution in [3.63, 3.8) is 0 Å². The highest BCUT2D eigenvalue weighted by Crippen LogP contribution is 2.36. The molecule has 0 spiro atoms. The molecular formula is C11H17Cl. The van der Waals surface area contributed by atoms with Gasteiger partial charge in [-0.25, -0.2) is 0 Å². The van der Waals surface area contributed by atoms with E-state index in [-0.39, 0.29) is 0 Å². The Balaban J connectivity index is 2.47. The van der Waals surface area contributed by atoms with E-state index in [0.29, 0.717) is 11.3 Å². The summed E-state index contributed by atoms with van der Waals surface area (Å²) >= 11 is 6.10. The molecule has 1 aliphatic rings. The van der Waals surface area contributed by atoms with Crippen LogP contribution in [0.1, 0.15) is 39.0 Å². The molecule has 1 aliphatic carbocycles. The Hall–Kier alpha value is -0.150. The molecule has 0 aliphatic heterocycles. The van der Waals surface area contributed by atoms with Crippen LogP contribution in [-0.2, 0) is 0 Å². The molecule has 1 saturated carbocycles. The van der Waals surface area contributed by atoms with Crippen LogP contribution in [0, 0.1) is 24.2 Å². The third-order valence-corrected chi connectivity index (χ3v) is 3.38. The normalized spacial score (nSPS) is 35.9. The first-order valence-corrected chi connectivity index (χ1v) is 5.29. The fourth-order valence-electron chi connectivity index (χ4n) is 2.21. The van der Waals surface area contributed by atoms with E-state index < -0.39 is 0 Å². The Morgan fingerprint density at radius 3 is 2.75 bits per heavy atom. The van der Waals surface area contributed by atoms with Gasteiger partial charge in [-0.15, -0.1) is 23.9 Å². The molecular weight excluding hydrogens is 168 g/mol. The summed E-state index contributed by atoms with van der Waals surface area (Å²) in [5.41, 5.74) is 0. The Morgan fingerprint density at radius 2 is 2.17 bits per heavy atom. The number of rotatable bonds is 2. The molecule has 0 N–H and O–H groups in total. The van der Waals surface area contributed by atoms with Gasteiger partial charge in [0.2, 0.25) is 0 Å². The summed E-state index contributed by atoms with van der Waals surface area (Å²) in [5.74, 6) is 4.28. The molecule has 0 bridgehead atoms. The molecule has 1 fully saturated rings. The van der Waals surface area contributed by atoms with Gasteiger partial charge in [-0.1, -0.05) is 13.3 Å². The molecule has 0 aromatic rings. The van der Waals surface area contributed by atoms with Gasteiger partial charge in [0.1, 0.15) is 0 Å². The summed E-state index contributed by atoms with van der Waals surface area (Å²) in [7, 11) is 0. The zero-order valence-corrected chi connectivity index (χ0v) is 8.48. The third-order valence-electron chi connectivity index (χ3n) is 2.98. The number of terminal acetylenes is 1. The average molecular weight is 185 g/mol. The van der Waals surface area contributed by atoms with E-state index in [4.69, 9.17) is 18.0 Å². The maximum Gasteiger partial charge on any atom is 0.0339 e. The van der Waals surface area contributed by atoms with Crippen LogP contribution in [-0.4, -0.2) is 5.38 Å². The molecule has 68 valence electrons. The standard InChI is InChI=1S/C11H17Cl/c1-3-5-10-8-11(12)7-6-9(10)4-2/h1,9-11H,4-8H2,2H3. The van der Waals surface area contributed by atoms with Gasteiger partial charge in [-0.05, 0) is 31.1 Å². The van der Waals surface area contributed by atoms with E-state index in [0.717, 1.165) is 18.8 Å². The Labute approximate surface area is 80.7 Å². The van der Waals surface area contributed by atoms with Crippen molar-refractivity contribution in [2.75, 3.05) is 0 Å². The molecule has 0 amide bonds. The van der Waals surface area contributed by atoms with Crippen molar-refractivity contribution in [3.05, 3.63) is 0 Å². The second-order valence-electron chi connectivity index (χ2n) is 3.75. The second-order valence-corrected chi connectivity index (χ2v) is 4.36. The SMILES string of the molecule is C#CCC1CC(Cl)CCC1CC. The molecule has 0 radical (unpaired) electrons. The lowest BCUT2D eigenvalue weighted by Gasteiger charge is -2.32. The van der Waals surface area contributed by atoms with E-state index in [1.165, 1.54) is 19.3 Å². The van der Waals surface area contributed by atoms with Crippen LogP contribution in [0.25, 0.3) is 0 Å². The molecule has 0 nitrogen and oxygen atoms in total. The lowest BCUT2D eigenvalue weighted by molar-refractivity contribution is 0.238. The number of alkyl halides is 1. The molecule has 3 atom stereocenters. The average Bonchev–Trinajstić information content (AvgIpc) is 2.05. The molecule has 12 heavy (non-hydrogen) atoms. The van der Waals surface area contributed by atoms with Gasteiger partial charge < -0.3 is 0 Å². The summed E-state index contributed by atoms with van der Waals surface area (Å²) in [6.45, 7) is 2.25. The highest BCUT2D eigenvalue weighted by Gasteiger charge is 2.27. The molecule has 1 rings (SSSR count). The van der Waals surface area contributed by atoms with Crippen LogP contribution in [0.3, 0.4) is 0 Å². The minimum atomic E-state index is 0.381. The predicted octanol–water partition coefficient (Wildman–Crippen LogP) is 3.44. The van der Waals surface area contributed by atoms with Gasteiger partial charge in [0.25, 0.3) is 0 Å². The number of hydrogen-bond acceptors (Lipinski definition) is 0. The number of halogens is 1. The Bertz CT molecular complexity index is 168. The lowest BCUT2D eigenvalue weighted by Crippen LogP contribution is -2.24. The fraction of sp³-hybridized carbons (Fsp3) is 0.818. The topological polar surface area (TPSA) is 0 Å². The van der Waals surface area contributed by atoms with Crippen molar-refractivity contribution < 1.29 is 0 Å². The van der Waals surface area contributed by atoms with E-state index in [1.807, 2.05) is 0 Å². The molecule has 0 saturated heterocycles. The highest BCUT2D eigenvalue weighted by molar-refractivity contribution is 6.20. The fourth-order valence-corrected chi connectivity index (χ4v) is 2.56. The van der Waals surface area contributed by atoms with Crippen molar-refractivity contribution in [1.82, 2.24) is 0 Å². The van der Waals surface area contributed by atoms with Crippen molar-refractivity contribution in [1.29, 1.82) is 0 Å². The van der Waals surface area contributed by atoms with E-state index in [2.05, 4.69) is 12.8 Å². The maximum absolute atomic E-state index is 6.10. The summed E-state index contributed by atoms with van der Waals surface area (Å²) in [5, 5.41) is 0.381. The van der Waals surface area contributed by atoms with Crippen LogP contribution in [0.5, 0.6) is 0 Å². The van der Waals surface area contributed by atoms with E-state index >= 15 is 0 Å². The van der Waals surface area contributed by atoms with E-state index in [1.54, 1.807) is 0 Å². The van der Waals surface area contributed by atoms with Gasteiger partial charge in [0.05, 0.1) is 0 Å². The van der Waals surface area contributed by atoms with Gasteiger partial charge >= 0.3 is 0 Å². The smallest absolute Gasteiger partial charge is 0.0339 e. The van der Waals surface area contributed by atoms with Crippen LogP contribution in [0.15, 0.2) is 0 Å². The minimum absolute atomic E-state index is 0.381. The lowest BCUT2D eigenvalue weighted by atomic mass is 9.76. The molecule has 0 aromatic carbocycles. The monoisotopic (exact) mass is 184 g/mol. The highest BCUT2D eigenvalue weighted by atomic mass is 35.5. The first-order valence-electron chi connectivity index (χ1n) is 4.85. The van der Waals surface area contributed by atoms with Crippen LogP contribution in [0.2, 0.25) is 0 Å². The molecule has 0 heterocycles. The van der Waals surface area contributed by atoms with Gasteiger partial charge in [-0.3, -0.25) is 0 Å². The zero-order valence-electron chi connectivity index (χ0n) is 7.72. The van der Waals surface area contributed by atoms with Crippen LogP contribution < -0.4 is 0 Å². The maximum atomic E-state index is 6.10. The first kappa shape index (κ1) is 9.93. The van der Waals surface area contributed by atoms with Gasteiger partial charge in [0.15, 0.2) is 0 Å². The summed E-state index contributed by atoms with van der Waals surface area (Å²) in [6, 6.07) is 0. The van der Waals surface area contributed by atoms with Crippen molar-refractivity contribution in [2.24, 2.45) is 11.8 Å². The zero-order chi connectivity index (χ0) is 8.97. The minimum Gasteiger partial charge on any atom is -0.123 e. The third kappa shape index (κ3) is 2.42. The van der Waals surface area contributed by atoms with Crippen molar-refractivity contribution in [3.8, 4) is 12.3 Å². The molecule has 3 unspecified atom stereocenters. The van der Waals surface area contributed by atoms with Crippen molar-refractivity contribution >= 4 is 11.6 Å². The largest absolute Gasteiger partial charge is 0.123 e. The van der Waals surface area contributed by atoms with Crippen molar-refractivity contribution in [2.45, 2.75) is 44.4 Å². The van der Waals surface area contributed by atoms with Crippen LogP contribution >= 0.6 is 11.6 Å². The van der Waals surface area contributed by atoms with Gasteiger partial charge in [-0.2, -0.15) is 0 Å². The Kier molecular flexibility index (Phi) is 3.95. The summed E-state index contributed by atoms with van der Waals surface area (Å²) < 4.78 is 0. The van der Waals surface area contributed by atoms with Crippen LogP contribution in [0.4, 0.5) is 0 Å². The Morgan fingerprint density at radius 1 is 1.42 bits per heavy atom. The second kappa shape index (κ2) is 4.77. The summed E-state index contributed by atoms with van der Waals surface area (Å²) in [6.07, 6.45) is 11.1. The molecule has 1 heteroatoms. The quantitative estimate of drug-likeness (QED) is 0.456. The summed E-state index contributed by atoms with van der Waals surface area (Å²) in [4.78, 5) is 0. The molecule has 0 aromatic heterocycles.